The number of aryl methyl sites for hydroxylation is 1. The minimum atomic E-state index is -0.196. The summed E-state index contributed by atoms with van der Waals surface area (Å²) in [7, 11) is 1.54. The third-order valence-electron chi connectivity index (χ3n) is 4.29. The van der Waals surface area contributed by atoms with Gasteiger partial charge >= 0.3 is 0 Å². The topological polar surface area (TPSA) is 69.0 Å². The fourth-order valence-corrected chi connectivity index (χ4v) is 3.91. The molecule has 6 nitrogen and oxygen atoms in total. The Morgan fingerprint density at radius 3 is 2.93 bits per heavy atom. The number of halogens is 1. The van der Waals surface area contributed by atoms with Crippen molar-refractivity contribution < 1.29 is 9.53 Å². The van der Waals surface area contributed by atoms with E-state index in [0.29, 0.717) is 22.2 Å². The third-order valence-corrected chi connectivity index (χ3v) is 5.39. The summed E-state index contributed by atoms with van der Waals surface area (Å²) in [5, 5.41) is 10.5. The Hall–Kier alpha value is -2.64. The number of allylic oxidation sites excluding steroid dienone is 1. The van der Waals surface area contributed by atoms with Gasteiger partial charge in [-0.15, -0.1) is 17.9 Å². The minimum absolute atomic E-state index is 0.144. The van der Waals surface area contributed by atoms with E-state index in [4.69, 9.17) is 16.3 Å². The smallest absolute Gasteiger partial charge is 0.230 e. The van der Waals surface area contributed by atoms with Crippen LogP contribution >= 0.6 is 22.9 Å². The molecule has 2 aromatic heterocycles. The van der Waals surface area contributed by atoms with E-state index >= 15 is 0 Å². The molecule has 8 heteroatoms. The molecule has 0 saturated carbocycles. The van der Waals surface area contributed by atoms with E-state index in [9.17, 15) is 4.79 Å². The van der Waals surface area contributed by atoms with Crippen molar-refractivity contribution in [3.05, 3.63) is 63.9 Å². The summed E-state index contributed by atoms with van der Waals surface area (Å²) < 4.78 is 7.07. The van der Waals surface area contributed by atoms with Crippen molar-refractivity contribution in [2.75, 3.05) is 12.4 Å². The Morgan fingerprint density at radius 2 is 2.21 bits per heavy atom. The first-order chi connectivity index (χ1) is 13.4. The Labute approximate surface area is 172 Å². The van der Waals surface area contributed by atoms with Gasteiger partial charge in [0.2, 0.25) is 11.0 Å². The molecule has 1 aromatic carbocycles. The number of methoxy groups -OCH3 is 1. The number of thiazole rings is 1. The quantitative estimate of drug-likeness (QED) is 0.575. The zero-order valence-electron chi connectivity index (χ0n) is 16.0. The SMILES string of the molecule is C=CCc1c(C)nn(-c2nc(CC(=O)Nc3cc(Cl)ccc3OC)cs2)c1C. The Kier molecular flexibility index (Phi) is 6.16. The molecule has 0 spiro atoms. The molecule has 0 fully saturated rings. The van der Waals surface area contributed by atoms with Crippen LogP contribution in [0, 0.1) is 13.8 Å². The van der Waals surface area contributed by atoms with Gasteiger partial charge in [-0.1, -0.05) is 17.7 Å². The zero-order chi connectivity index (χ0) is 20.3. The van der Waals surface area contributed by atoms with Crippen LogP contribution in [0.25, 0.3) is 5.13 Å². The molecule has 0 atom stereocenters. The highest BCUT2D eigenvalue weighted by atomic mass is 35.5. The molecule has 2 heterocycles. The van der Waals surface area contributed by atoms with Gasteiger partial charge < -0.3 is 10.1 Å². The molecular formula is C20H21ClN4O2S. The van der Waals surface area contributed by atoms with E-state index < -0.39 is 0 Å². The van der Waals surface area contributed by atoms with E-state index in [-0.39, 0.29) is 12.3 Å². The van der Waals surface area contributed by atoms with Gasteiger partial charge in [0, 0.05) is 21.7 Å². The number of nitrogens with zero attached hydrogens (tertiary/aromatic N) is 3. The minimum Gasteiger partial charge on any atom is -0.495 e. The van der Waals surface area contributed by atoms with E-state index in [1.165, 1.54) is 11.3 Å². The van der Waals surface area contributed by atoms with Crippen molar-refractivity contribution in [2.45, 2.75) is 26.7 Å². The number of hydrogen-bond acceptors (Lipinski definition) is 5. The van der Waals surface area contributed by atoms with E-state index in [2.05, 4.69) is 22.0 Å². The standard InChI is InChI=1S/C20H21ClN4O2S/c1-5-6-16-12(2)24-25(13(16)3)20-22-15(11-28-20)10-19(26)23-17-9-14(21)7-8-18(17)27-4/h5,7-9,11H,1,6,10H2,2-4H3,(H,23,26). The number of benzene rings is 1. The highest BCUT2D eigenvalue weighted by molar-refractivity contribution is 7.12. The number of amides is 1. The van der Waals surface area contributed by atoms with Crippen LogP contribution in [-0.2, 0) is 17.6 Å². The fourth-order valence-electron chi connectivity index (χ4n) is 2.91. The number of carbonyl (C=O) groups excluding carboxylic acids is 1. The molecule has 1 N–H and O–H groups in total. The molecule has 28 heavy (non-hydrogen) atoms. The molecule has 0 saturated heterocycles. The largest absolute Gasteiger partial charge is 0.495 e. The molecule has 0 unspecified atom stereocenters. The molecule has 3 rings (SSSR count). The summed E-state index contributed by atoms with van der Waals surface area (Å²) in [6.07, 6.45) is 2.77. The van der Waals surface area contributed by atoms with Gasteiger partial charge in [0.15, 0.2) is 0 Å². The number of hydrogen-bond donors (Lipinski definition) is 1. The third kappa shape index (κ3) is 4.26. The number of anilines is 1. The van der Waals surface area contributed by atoms with Crippen LogP contribution in [0.4, 0.5) is 5.69 Å². The summed E-state index contributed by atoms with van der Waals surface area (Å²) in [5.74, 6) is 0.354. The van der Waals surface area contributed by atoms with Gasteiger partial charge in [-0.05, 0) is 38.5 Å². The molecule has 0 aliphatic carbocycles. The Balaban J connectivity index is 1.75. The summed E-state index contributed by atoms with van der Waals surface area (Å²) in [6.45, 7) is 7.78. The second kappa shape index (κ2) is 8.58. The average molecular weight is 417 g/mol. The number of carbonyl (C=O) groups is 1. The summed E-state index contributed by atoms with van der Waals surface area (Å²) in [5.41, 5.74) is 4.35. The maximum Gasteiger partial charge on any atom is 0.230 e. The molecule has 0 aliphatic heterocycles. The molecule has 1 amide bonds. The molecule has 3 aromatic rings. The van der Waals surface area contributed by atoms with Gasteiger partial charge in [-0.25, -0.2) is 9.67 Å². The van der Waals surface area contributed by atoms with Gasteiger partial charge in [0.25, 0.3) is 0 Å². The lowest BCUT2D eigenvalue weighted by molar-refractivity contribution is -0.115. The van der Waals surface area contributed by atoms with Crippen molar-refractivity contribution in [1.82, 2.24) is 14.8 Å². The second-order valence-electron chi connectivity index (χ2n) is 6.24. The highest BCUT2D eigenvalue weighted by Crippen LogP contribution is 2.28. The van der Waals surface area contributed by atoms with Crippen LogP contribution in [0.15, 0.2) is 36.2 Å². The van der Waals surface area contributed by atoms with Crippen molar-refractivity contribution in [1.29, 1.82) is 0 Å². The molecular weight excluding hydrogens is 396 g/mol. The Bertz CT molecular complexity index is 1030. The lowest BCUT2D eigenvalue weighted by Crippen LogP contribution is -2.15. The first-order valence-corrected chi connectivity index (χ1v) is 9.92. The van der Waals surface area contributed by atoms with E-state index in [0.717, 1.165) is 28.5 Å². The summed E-state index contributed by atoms with van der Waals surface area (Å²) in [4.78, 5) is 17.0. The van der Waals surface area contributed by atoms with Gasteiger partial charge in [0.05, 0.1) is 30.6 Å². The van der Waals surface area contributed by atoms with Gasteiger partial charge in [-0.2, -0.15) is 5.10 Å². The molecule has 0 bridgehead atoms. The predicted octanol–water partition coefficient (Wildman–Crippen LogP) is 4.52. The first kappa shape index (κ1) is 20.1. The number of nitrogens with one attached hydrogen (secondary N) is 1. The highest BCUT2D eigenvalue weighted by Gasteiger charge is 2.16. The zero-order valence-corrected chi connectivity index (χ0v) is 17.5. The van der Waals surface area contributed by atoms with Crippen LogP contribution < -0.4 is 10.1 Å². The van der Waals surface area contributed by atoms with E-state index in [1.54, 1.807) is 25.3 Å². The van der Waals surface area contributed by atoms with Crippen LogP contribution in [-0.4, -0.2) is 27.8 Å². The van der Waals surface area contributed by atoms with Crippen molar-refractivity contribution in [3.63, 3.8) is 0 Å². The normalized spacial score (nSPS) is 10.7. The molecule has 0 aliphatic rings. The average Bonchev–Trinajstić information content (AvgIpc) is 3.21. The fraction of sp³-hybridized carbons (Fsp3) is 0.250. The van der Waals surface area contributed by atoms with Crippen molar-refractivity contribution in [2.24, 2.45) is 0 Å². The summed E-state index contributed by atoms with van der Waals surface area (Å²) >= 11 is 7.46. The predicted molar refractivity (Wildman–Crippen MR) is 113 cm³/mol. The summed E-state index contributed by atoms with van der Waals surface area (Å²) in [6, 6.07) is 5.07. The van der Waals surface area contributed by atoms with Crippen molar-refractivity contribution >= 4 is 34.5 Å². The maximum atomic E-state index is 12.4. The Morgan fingerprint density at radius 1 is 1.43 bits per heavy atom. The number of aromatic nitrogens is 3. The molecule has 146 valence electrons. The number of rotatable bonds is 7. The molecule has 0 radical (unpaired) electrons. The lowest BCUT2D eigenvalue weighted by atomic mass is 10.1. The van der Waals surface area contributed by atoms with Crippen LogP contribution in [0.3, 0.4) is 0 Å². The van der Waals surface area contributed by atoms with Crippen molar-refractivity contribution in [3.8, 4) is 10.9 Å². The monoisotopic (exact) mass is 416 g/mol. The maximum absolute atomic E-state index is 12.4. The second-order valence-corrected chi connectivity index (χ2v) is 7.52. The van der Waals surface area contributed by atoms with Crippen LogP contribution in [0.2, 0.25) is 5.02 Å². The van der Waals surface area contributed by atoms with Crippen LogP contribution in [0.1, 0.15) is 22.6 Å². The van der Waals surface area contributed by atoms with E-state index in [1.807, 2.05) is 30.0 Å². The van der Waals surface area contributed by atoms with Gasteiger partial charge in [0.1, 0.15) is 5.75 Å². The van der Waals surface area contributed by atoms with Crippen LogP contribution in [0.5, 0.6) is 5.75 Å². The lowest BCUT2D eigenvalue weighted by Gasteiger charge is -2.10. The first-order valence-electron chi connectivity index (χ1n) is 8.67. The number of ether oxygens (including phenoxy) is 1. The van der Waals surface area contributed by atoms with Gasteiger partial charge in [-0.3, -0.25) is 4.79 Å².